The van der Waals surface area contributed by atoms with E-state index < -0.39 is 22.8 Å². The van der Waals surface area contributed by atoms with Crippen molar-refractivity contribution in [3.63, 3.8) is 0 Å². The molecule has 0 radical (unpaired) electrons. The minimum Gasteiger partial charge on any atom is -0.477 e. The molecule has 0 unspecified atom stereocenters. The van der Waals surface area contributed by atoms with Crippen molar-refractivity contribution in [3.05, 3.63) is 39.4 Å². The molecule has 7 nitrogen and oxygen atoms in total. The van der Waals surface area contributed by atoms with Crippen LogP contribution in [0.1, 0.15) is 28.8 Å². The van der Waals surface area contributed by atoms with E-state index in [9.17, 15) is 23.9 Å². The van der Waals surface area contributed by atoms with Crippen LogP contribution in [0.5, 0.6) is 0 Å². The van der Waals surface area contributed by atoms with E-state index >= 15 is 0 Å². The minimum atomic E-state index is -1.38. The molecule has 0 saturated carbocycles. The average molecular weight is 361 g/mol. The van der Waals surface area contributed by atoms with Crippen molar-refractivity contribution in [2.75, 3.05) is 18.0 Å². The van der Waals surface area contributed by atoms with Gasteiger partial charge < -0.3 is 25.1 Å². The van der Waals surface area contributed by atoms with E-state index in [4.69, 9.17) is 5.73 Å². The number of nitrogens with two attached hydrogens (primary N) is 1. The smallest absolute Gasteiger partial charge is 0.341 e. The molecule has 0 spiro atoms. The topological polar surface area (TPSA) is 106 Å². The second-order valence-corrected chi connectivity index (χ2v) is 6.55. The number of benzene rings is 1. The highest BCUT2D eigenvalue weighted by atomic mass is 19.1. The monoisotopic (exact) mass is 361 g/mol. The zero-order valence-electron chi connectivity index (χ0n) is 14.4. The van der Waals surface area contributed by atoms with E-state index in [-0.39, 0.29) is 24.4 Å². The highest BCUT2D eigenvalue weighted by molar-refractivity contribution is 5.95. The van der Waals surface area contributed by atoms with Gasteiger partial charge in [-0.25, -0.2) is 9.18 Å². The van der Waals surface area contributed by atoms with Crippen molar-refractivity contribution in [1.29, 1.82) is 0 Å². The first kappa shape index (κ1) is 18.1. The molecular formula is C18H20FN3O4. The predicted molar refractivity (Wildman–Crippen MR) is 95.3 cm³/mol. The van der Waals surface area contributed by atoms with Gasteiger partial charge in [0.05, 0.1) is 11.2 Å². The SMILES string of the molecule is Cc1c(N2CC[C@@H](N)C2)c(F)cc2c(=O)c(C(=O)O)cn(CCC=O)c12. The lowest BCUT2D eigenvalue weighted by Gasteiger charge is -2.24. The molecule has 0 bridgehead atoms. The fourth-order valence-corrected chi connectivity index (χ4v) is 3.62. The molecule has 1 atom stereocenters. The maximum atomic E-state index is 14.8. The molecule has 8 heteroatoms. The summed E-state index contributed by atoms with van der Waals surface area (Å²) in [6.07, 6.45) is 2.83. The van der Waals surface area contributed by atoms with Crippen molar-refractivity contribution >= 4 is 28.8 Å². The molecule has 1 saturated heterocycles. The molecule has 1 aliphatic heterocycles. The molecule has 1 aromatic carbocycles. The second-order valence-electron chi connectivity index (χ2n) is 6.55. The number of fused-ring (bicyclic) bond motifs is 1. The molecule has 2 heterocycles. The summed E-state index contributed by atoms with van der Waals surface area (Å²) in [5.41, 5.74) is 6.09. The van der Waals surface area contributed by atoms with E-state index in [1.807, 2.05) is 4.90 Å². The van der Waals surface area contributed by atoms with Crippen molar-refractivity contribution in [3.8, 4) is 0 Å². The lowest BCUT2D eigenvalue weighted by molar-refractivity contribution is -0.108. The molecule has 3 N–H and O–H groups in total. The molecule has 0 amide bonds. The average Bonchev–Trinajstić information content (AvgIpc) is 3.00. The van der Waals surface area contributed by atoms with Gasteiger partial charge in [0.25, 0.3) is 0 Å². The van der Waals surface area contributed by atoms with Crippen LogP contribution in [0, 0.1) is 12.7 Å². The molecule has 138 valence electrons. The van der Waals surface area contributed by atoms with Crippen molar-refractivity contribution in [2.24, 2.45) is 5.73 Å². The number of carbonyl (C=O) groups excluding carboxylic acids is 1. The number of rotatable bonds is 5. The normalized spacial score (nSPS) is 17.0. The van der Waals surface area contributed by atoms with Crippen LogP contribution in [0.2, 0.25) is 0 Å². The number of pyridine rings is 1. The van der Waals surface area contributed by atoms with Crippen LogP contribution in [0.15, 0.2) is 17.1 Å². The summed E-state index contributed by atoms with van der Waals surface area (Å²) in [5, 5.41) is 9.27. The summed E-state index contributed by atoms with van der Waals surface area (Å²) in [7, 11) is 0. The lowest BCUT2D eigenvalue weighted by Crippen LogP contribution is -2.28. The number of aromatic nitrogens is 1. The van der Waals surface area contributed by atoms with Crippen molar-refractivity contribution in [2.45, 2.75) is 32.4 Å². The van der Waals surface area contributed by atoms with Gasteiger partial charge in [-0.3, -0.25) is 4.79 Å². The van der Waals surface area contributed by atoms with Crippen LogP contribution in [-0.4, -0.2) is 41.1 Å². The molecule has 26 heavy (non-hydrogen) atoms. The van der Waals surface area contributed by atoms with Gasteiger partial charge in [-0.2, -0.15) is 0 Å². The van der Waals surface area contributed by atoms with Crippen LogP contribution >= 0.6 is 0 Å². The Morgan fingerprint density at radius 3 is 2.81 bits per heavy atom. The Bertz CT molecular complexity index is 954. The van der Waals surface area contributed by atoms with Crippen LogP contribution in [0.25, 0.3) is 10.9 Å². The van der Waals surface area contributed by atoms with Gasteiger partial charge >= 0.3 is 5.97 Å². The standard InChI is InChI=1S/C18H20FN3O4/c1-10-15-12(7-14(19)16(10)22-5-3-11(20)8-22)17(24)13(18(25)26)9-21(15)4-2-6-23/h6-7,9,11H,2-5,8,20H2,1H3,(H,25,26)/t11-/m1/s1. The fourth-order valence-electron chi connectivity index (χ4n) is 3.62. The quantitative estimate of drug-likeness (QED) is 0.777. The Morgan fingerprint density at radius 1 is 1.50 bits per heavy atom. The van der Waals surface area contributed by atoms with E-state index in [1.165, 1.54) is 6.20 Å². The number of aromatic carboxylic acids is 1. The number of aldehydes is 1. The Labute approximate surface area is 148 Å². The van der Waals surface area contributed by atoms with Crippen molar-refractivity contribution in [1.82, 2.24) is 4.57 Å². The largest absolute Gasteiger partial charge is 0.477 e. The summed E-state index contributed by atoms with van der Waals surface area (Å²) < 4.78 is 16.4. The minimum absolute atomic E-state index is 0.00181. The second kappa shape index (κ2) is 6.87. The molecule has 2 aromatic rings. The summed E-state index contributed by atoms with van der Waals surface area (Å²) in [5.74, 6) is -1.96. The summed E-state index contributed by atoms with van der Waals surface area (Å²) in [6, 6.07) is 1.05. The molecule has 1 aromatic heterocycles. The summed E-state index contributed by atoms with van der Waals surface area (Å²) >= 11 is 0. The third-order valence-corrected chi connectivity index (χ3v) is 4.78. The third-order valence-electron chi connectivity index (χ3n) is 4.78. The number of nitrogens with zero attached hydrogens (tertiary/aromatic N) is 2. The summed E-state index contributed by atoms with van der Waals surface area (Å²) in [4.78, 5) is 36.5. The fraction of sp³-hybridized carbons (Fsp3) is 0.389. The first-order valence-corrected chi connectivity index (χ1v) is 8.38. The number of aryl methyl sites for hydroxylation is 2. The van der Waals surface area contributed by atoms with Gasteiger partial charge in [-0.05, 0) is 25.0 Å². The maximum absolute atomic E-state index is 14.8. The number of anilines is 1. The number of carbonyl (C=O) groups is 2. The van der Waals surface area contributed by atoms with Gasteiger partial charge in [0, 0.05) is 43.7 Å². The number of halogens is 1. The number of carboxylic acids is 1. The number of hydrogen-bond donors (Lipinski definition) is 2. The van der Waals surface area contributed by atoms with Gasteiger partial charge in [0.15, 0.2) is 0 Å². The molecule has 3 rings (SSSR count). The maximum Gasteiger partial charge on any atom is 0.341 e. The van der Waals surface area contributed by atoms with E-state index in [2.05, 4.69) is 0 Å². The first-order valence-electron chi connectivity index (χ1n) is 8.38. The first-order chi connectivity index (χ1) is 12.3. The zero-order chi connectivity index (χ0) is 19.0. The van der Waals surface area contributed by atoms with Gasteiger partial charge in [-0.1, -0.05) is 0 Å². The summed E-state index contributed by atoms with van der Waals surface area (Å²) in [6.45, 7) is 3.01. The van der Waals surface area contributed by atoms with Gasteiger partial charge in [-0.15, -0.1) is 0 Å². The lowest BCUT2D eigenvalue weighted by atomic mass is 10.0. The number of hydrogen-bond acceptors (Lipinski definition) is 5. The van der Waals surface area contributed by atoms with Crippen LogP contribution in [0.4, 0.5) is 10.1 Å². The van der Waals surface area contributed by atoms with Crippen molar-refractivity contribution < 1.29 is 19.1 Å². The Hall–Kier alpha value is -2.74. The third kappa shape index (κ3) is 2.96. The number of carboxylic acid groups (broad SMARTS) is 1. The Kier molecular flexibility index (Phi) is 4.78. The van der Waals surface area contributed by atoms with E-state index in [0.29, 0.717) is 36.1 Å². The zero-order valence-corrected chi connectivity index (χ0v) is 14.4. The highest BCUT2D eigenvalue weighted by Gasteiger charge is 2.26. The van der Waals surface area contributed by atoms with Crippen LogP contribution < -0.4 is 16.1 Å². The Morgan fingerprint density at radius 2 is 2.23 bits per heavy atom. The van der Waals surface area contributed by atoms with E-state index in [1.54, 1.807) is 11.5 Å². The Balaban J connectivity index is 2.32. The molecular weight excluding hydrogens is 341 g/mol. The molecule has 1 fully saturated rings. The highest BCUT2D eigenvalue weighted by Crippen LogP contribution is 2.32. The molecule has 0 aliphatic carbocycles. The van der Waals surface area contributed by atoms with Crippen LogP contribution in [-0.2, 0) is 11.3 Å². The van der Waals surface area contributed by atoms with Gasteiger partial charge in [0.1, 0.15) is 17.7 Å². The predicted octanol–water partition coefficient (Wildman–Crippen LogP) is 1.27. The molecule has 1 aliphatic rings. The van der Waals surface area contributed by atoms with Gasteiger partial charge in [0.2, 0.25) is 5.43 Å². The van der Waals surface area contributed by atoms with Crippen LogP contribution in [0.3, 0.4) is 0 Å². The van der Waals surface area contributed by atoms with E-state index in [0.717, 1.165) is 12.5 Å².